The van der Waals surface area contributed by atoms with E-state index in [1.54, 1.807) is 0 Å². The molecule has 0 N–H and O–H groups in total. The molecular formula is C12H18N2O2. The van der Waals surface area contributed by atoms with Crippen molar-refractivity contribution in [1.82, 2.24) is 9.97 Å². The first kappa shape index (κ1) is 11.3. The molecule has 1 fully saturated rings. The Labute approximate surface area is 96.0 Å². The molecule has 0 aromatic carbocycles. The van der Waals surface area contributed by atoms with Gasteiger partial charge >= 0.3 is 6.01 Å². The number of aryl methyl sites for hydroxylation is 1. The molecule has 1 atom stereocenters. The van der Waals surface area contributed by atoms with Gasteiger partial charge in [0.2, 0.25) is 0 Å². The van der Waals surface area contributed by atoms with Crippen molar-refractivity contribution in [2.75, 3.05) is 13.2 Å². The monoisotopic (exact) mass is 222 g/mol. The largest absolute Gasteiger partial charge is 0.458 e. The molecule has 2 heterocycles. The molecule has 2 rings (SSSR count). The normalized spacial score (nSPS) is 20.4. The quantitative estimate of drug-likeness (QED) is 0.785. The van der Waals surface area contributed by atoms with Gasteiger partial charge in [-0.2, -0.15) is 4.98 Å². The molecule has 4 nitrogen and oxygen atoms in total. The first-order valence-corrected chi connectivity index (χ1v) is 5.75. The summed E-state index contributed by atoms with van der Waals surface area (Å²) < 4.78 is 11.0. The molecule has 1 aliphatic rings. The summed E-state index contributed by atoms with van der Waals surface area (Å²) >= 11 is 0. The number of nitrogens with zero attached hydrogens (tertiary/aromatic N) is 2. The summed E-state index contributed by atoms with van der Waals surface area (Å²) in [5, 5.41) is 0. The summed E-state index contributed by atoms with van der Waals surface area (Å²) in [5.41, 5.74) is 1.98. The standard InChI is InChI=1S/C12H18N2O2/c1-8(2)11-6-9(3)13-12(14-11)16-10-4-5-15-7-10/h6,8,10H,4-5,7H2,1-3H3/t10-/m0/s1. The molecule has 0 spiro atoms. The van der Waals surface area contributed by atoms with E-state index in [0.29, 0.717) is 18.5 Å². The fourth-order valence-corrected chi connectivity index (χ4v) is 1.67. The molecule has 1 aromatic rings. The minimum Gasteiger partial charge on any atom is -0.458 e. The van der Waals surface area contributed by atoms with Crippen molar-refractivity contribution in [2.45, 2.75) is 39.2 Å². The second-order valence-electron chi connectivity index (χ2n) is 4.47. The Kier molecular flexibility index (Phi) is 3.39. The van der Waals surface area contributed by atoms with E-state index in [-0.39, 0.29) is 6.10 Å². The number of ether oxygens (including phenoxy) is 2. The Morgan fingerprint density at radius 2 is 2.25 bits per heavy atom. The van der Waals surface area contributed by atoms with Crippen LogP contribution in [0.4, 0.5) is 0 Å². The molecule has 0 saturated carbocycles. The van der Waals surface area contributed by atoms with Crippen LogP contribution in [0.5, 0.6) is 6.01 Å². The highest BCUT2D eigenvalue weighted by atomic mass is 16.6. The van der Waals surface area contributed by atoms with E-state index in [0.717, 1.165) is 24.4 Å². The van der Waals surface area contributed by atoms with Gasteiger partial charge in [-0.05, 0) is 18.9 Å². The predicted octanol–water partition coefficient (Wildman–Crippen LogP) is 2.08. The molecule has 4 heteroatoms. The van der Waals surface area contributed by atoms with Crippen LogP contribution in [0.25, 0.3) is 0 Å². The van der Waals surface area contributed by atoms with Gasteiger partial charge in [0.05, 0.1) is 18.9 Å². The van der Waals surface area contributed by atoms with Crippen molar-refractivity contribution in [3.8, 4) is 6.01 Å². The van der Waals surface area contributed by atoms with Crippen molar-refractivity contribution < 1.29 is 9.47 Å². The Morgan fingerprint density at radius 1 is 1.44 bits per heavy atom. The van der Waals surface area contributed by atoms with Gasteiger partial charge < -0.3 is 9.47 Å². The van der Waals surface area contributed by atoms with E-state index in [2.05, 4.69) is 23.8 Å². The van der Waals surface area contributed by atoms with Crippen molar-refractivity contribution >= 4 is 0 Å². The van der Waals surface area contributed by atoms with E-state index >= 15 is 0 Å². The lowest BCUT2D eigenvalue weighted by atomic mass is 10.1. The van der Waals surface area contributed by atoms with Crippen molar-refractivity contribution in [1.29, 1.82) is 0 Å². The van der Waals surface area contributed by atoms with E-state index in [9.17, 15) is 0 Å². The maximum Gasteiger partial charge on any atom is 0.317 e. The second-order valence-corrected chi connectivity index (χ2v) is 4.47. The summed E-state index contributed by atoms with van der Waals surface area (Å²) in [5.74, 6) is 0.392. The maximum atomic E-state index is 5.70. The van der Waals surface area contributed by atoms with Crippen molar-refractivity contribution in [3.63, 3.8) is 0 Å². The summed E-state index contributed by atoms with van der Waals surface area (Å²) in [6, 6.07) is 2.49. The van der Waals surface area contributed by atoms with Gasteiger partial charge in [0.25, 0.3) is 0 Å². The van der Waals surface area contributed by atoms with Crippen molar-refractivity contribution in [2.24, 2.45) is 0 Å². The first-order valence-electron chi connectivity index (χ1n) is 5.75. The third-order valence-corrected chi connectivity index (χ3v) is 2.61. The summed E-state index contributed by atoms with van der Waals surface area (Å²) in [4.78, 5) is 8.70. The zero-order chi connectivity index (χ0) is 11.5. The maximum absolute atomic E-state index is 5.70. The van der Waals surface area contributed by atoms with Crippen LogP contribution in [-0.4, -0.2) is 29.3 Å². The van der Waals surface area contributed by atoms with Crippen LogP contribution in [0, 0.1) is 6.92 Å². The summed E-state index contributed by atoms with van der Waals surface area (Å²) in [6.07, 6.45) is 1.04. The minimum atomic E-state index is 0.113. The highest BCUT2D eigenvalue weighted by molar-refractivity contribution is 5.15. The molecule has 0 unspecified atom stereocenters. The molecule has 1 saturated heterocycles. The van der Waals surface area contributed by atoms with E-state index < -0.39 is 0 Å². The topological polar surface area (TPSA) is 44.2 Å². The van der Waals surface area contributed by atoms with Crippen LogP contribution in [0.15, 0.2) is 6.07 Å². The van der Waals surface area contributed by atoms with Crippen LogP contribution in [0.2, 0.25) is 0 Å². The highest BCUT2D eigenvalue weighted by Crippen LogP contribution is 2.18. The van der Waals surface area contributed by atoms with Gasteiger partial charge in [-0.1, -0.05) is 13.8 Å². The van der Waals surface area contributed by atoms with Gasteiger partial charge in [-0.25, -0.2) is 4.98 Å². The number of aromatic nitrogens is 2. The molecule has 1 aromatic heterocycles. The van der Waals surface area contributed by atoms with Crippen LogP contribution >= 0.6 is 0 Å². The van der Waals surface area contributed by atoms with Gasteiger partial charge in [-0.3, -0.25) is 0 Å². The zero-order valence-electron chi connectivity index (χ0n) is 10.1. The average Bonchev–Trinajstić information content (AvgIpc) is 2.69. The molecule has 0 radical (unpaired) electrons. The van der Waals surface area contributed by atoms with E-state index in [1.165, 1.54) is 0 Å². The Balaban J connectivity index is 2.13. The fourth-order valence-electron chi connectivity index (χ4n) is 1.67. The number of hydrogen-bond donors (Lipinski definition) is 0. The molecule has 1 aliphatic heterocycles. The van der Waals surface area contributed by atoms with Gasteiger partial charge in [0, 0.05) is 12.1 Å². The van der Waals surface area contributed by atoms with Crippen molar-refractivity contribution in [3.05, 3.63) is 17.5 Å². The molecule has 0 aliphatic carbocycles. The van der Waals surface area contributed by atoms with E-state index in [4.69, 9.17) is 9.47 Å². The Bertz CT molecular complexity index is 360. The fraction of sp³-hybridized carbons (Fsp3) is 0.667. The summed E-state index contributed by atoms with van der Waals surface area (Å²) in [7, 11) is 0. The predicted molar refractivity (Wildman–Crippen MR) is 60.7 cm³/mol. The minimum absolute atomic E-state index is 0.113. The smallest absolute Gasteiger partial charge is 0.317 e. The number of hydrogen-bond acceptors (Lipinski definition) is 4. The zero-order valence-corrected chi connectivity index (χ0v) is 10.1. The van der Waals surface area contributed by atoms with Crippen LogP contribution < -0.4 is 4.74 Å². The third kappa shape index (κ3) is 2.70. The van der Waals surface area contributed by atoms with Gasteiger partial charge in [0.15, 0.2) is 0 Å². The second kappa shape index (κ2) is 4.78. The lowest BCUT2D eigenvalue weighted by molar-refractivity contribution is 0.134. The first-order chi connectivity index (χ1) is 7.65. The lowest BCUT2D eigenvalue weighted by Crippen LogP contribution is -2.18. The van der Waals surface area contributed by atoms with Crippen LogP contribution in [0.3, 0.4) is 0 Å². The SMILES string of the molecule is Cc1cc(C(C)C)nc(O[C@H]2CCOC2)n1. The van der Waals surface area contributed by atoms with Gasteiger partial charge in [0.1, 0.15) is 6.10 Å². The Hall–Kier alpha value is -1.16. The molecule has 88 valence electrons. The molecule has 0 amide bonds. The van der Waals surface area contributed by atoms with Gasteiger partial charge in [-0.15, -0.1) is 0 Å². The van der Waals surface area contributed by atoms with Crippen LogP contribution in [-0.2, 0) is 4.74 Å². The Morgan fingerprint density at radius 3 is 2.88 bits per heavy atom. The average molecular weight is 222 g/mol. The molecule has 0 bridgehead atoms. The van der Waals surface area contributed by atoms with E-state index in [1.807, 2.05) is 13.0 Å². The molecular weight excluding hydrogens is 204 g/mol. The lowest BCUT2D eigenvalue weighted by Gasteiger charge is -2.12. The van der Waals surface area contributed by atoms with Crippen LogP contribution in [0.1, 0.15) is 37.6 Å². The highest BCUT2D eigenvalue weighted by Gasteiger charge is 2.19. The number of rotatable bonds is 3. The summed E-state index contributed by atoms with van der Waals surface area (Å²) in [6.45, 7) is 7.61. The third-order valence-electron chi connectivity index (χ3n) is 2.61. The molecule has 16 heavy (non-hydrogen) atoms.